The molecule has 0 aliphatic rings. The van der Waals surface area contributed by atoms with Crippen molar-refractivity contribution in [2.75, 3.05) is 20.8 Å². The summed E-state index contributed by atoms with van der Waals surface area (Å²) in [6, 6.07) is 0. The minimum Gasteiger partial charge on any atom is -0.466 e. The number of methoxy groups -OCH3 is 2. The molecule has 0 saturated heterocycles. The first-order chi connectivity index (χ1) is 5.22. The van der Waals surface area contributed by atoms with Gasteiger partial charge < -0.3 is 9.47 Å². The zero-order chi connectivity index (χ0) is 9.11. The van der Waals surface area contributed by atoms with Gasteiger partial charge in [0.1, 0.15) is 0 Å². The van der Waals surface area contributed by atoms with Crippen LogP contribution in [0.25, 0.3) is 0 Å². The van der Waals surface area contributed by atoms with Gasteiger partial charge in [-0.15, -0.1) is 0 Å². The van der Waals surface area contributed by atoms with Gasteiger partial charge in [0.15, 0.2) is 0 Å². The molecular weight excluding hydrogens is 144 g/mol. The van der Waals surface area contributed by atoms with Crippen molar-refractivity contribution in [3.8, 4) is 0 Å². The van der Waals surface area contributed by atoms with Crippen molar-refractivity contribution in [1.82, 2.24) is 0 Å². The van der Waals surface area contributed by atoms with Gasteiger partial charge in [-0.1, -0.05) is 13.5 Å². The fourth-order valence-corrected chi connectivity index (χ4v) is 0.287. The molecule has 0 aromatic heterocycles. The van der Waals surface area contributed by atoms with Crippen LogP contribution in [0.3, 0.4) is 0 Å². The summed E-state index contributed by atoms with van der Waals surface area (Å²) in [6.45, 7) is 6.13. The maximum Gasteiger partial charge on any atom is 0.329 e. The van der Waals surface area contributed by atoms with Crippen LogP contribution < -0.4 is 0 Å². The second-order valence-corrected chi connectivity index (χ2v) is 1.72. The SMILES string of the molecule is C=CC(=O)OC.CCCOC. The van der Waals surface area contributed by atoms with Gasteiger partial charge in [-0.3, -0.25) is 0 Å². The Morgan fingerprint density at radius 1 is 1.55 bits per heavy atom. The zero-order valence-electron chi connectivity index (χ0n) is 7.42. The third-order valence-corrected chi connectivity index (χ3v) is 0.776. The van der Waals surface area contributed by atoms with E-state index in [9.17, 15) is 4.79 Å². The van der Waals surface area contributed by atoms with Crippen molar-refractivity contribution in [1.29, 1.82) is 0 Å². The fourth-order valence-electron chi connectivity index (χ4n) is 0.287. The second kappa shape index (κ2) is 11.9. The predicted molar refractivity (Wildman–Crippen MR) is 44.4 cm³/mol. The van der Waals surface area contributed by atoms with Crippen LogP contribution in [0, 0.1) is 0 Å². The summed E-state index contributed by atoms with van der Waals surface area (Å²) in [4.78, 5) is 9.84. The standard InChI is InChI=1S/C4H6O2.C4H10O/c1-3-4(5)6-2;1-3-4-5-2/h3H,1H2,2H3;3-4H2,1-2H3. The quantitative estimate of drug-likeness (QED) is 0.462. The Balaban J connectivity index is 0. The summed E-state index contributed by atoms with van der Waals surface area (Å²) in [5, 5.41) is 0. The van der Waals surface area contributed by atoms with Crippen molar-refractivity contribution in [2.24, 2.45) is 0 Å². The topological polar surface area (TPSA) is 35.5 Å². The van der Waals surface area contributed by atoms with E-state index >= 15 is 0 Å². The van der Waals surface area contributed by atoms with Crippen molar-refractivity contribution in [3.05, 3.63) is 12.7 Å². The molecule has 0 amide bonds. The Morgan fingerprint density at radius 3 is 2.09 bits per heavy atom. The molecule has 0 aromatic carbocycles. The molecule has 0 aliphatic heterocycles. The Kier molecular flexibility index (Phi) is 13.9. The van der Waals surface area contributed by atoms with Crippen molar-refractivity contribution >= 4 is 5.97 Å². The lowest BCUT2D eigenvalue weighted by Gasteiger charge is -1.84. The summed E-state index contributed by atoms with van der Waals surface area (Å²) in [5.74, 6) is -0.394. The van der Waals surface area contributed by atoms with E-state index in [4.69, 9.17) is 4.74 Å². The normalized spacial score (nSPS) is 7.55. The van der Waals surface area contributed by atoms with E-state index < -0.39 is 5.97 Å². The lowest BCUT2D eigenvalue weighted by Crippen LogP contribution is -1.91. The first kappa shape index (κ1) is 12.8. The lowest BCUT2D eigenvalue weighted by molar-refractivity contribution is -0.134. The van der Waals surface area contributed by atoms with Crippen LogP contribution in [0.5, 0.6) is 0 Å². The molecule has 0 aliphatic carbocycles. The average Bonchev–Trinajstić information content (AvgIpc) is 2.06. The Morgan fingerprint density at radius 2 is 2.09 bits per heavy atom. The molecule has 66 valence electrons. The summed E-state index contributed by atoms with van der Waals surface area (Å²) in [5.41, 5.74) is 0. The highest BCUT2D eigenvalue weighted by molar-refractivity contribution is 5.80. The summed E-state index contributed by atoms with van der Waals surface area (Å²) in [7, 11) is 3.02. The smallest absolute Gasteiger partial charge is 0.329 e. The molecule has 0 bridgehead atoms. The maximum atomic E-state index is 9.84. The number of rotatable bonds is 3. The molecule has 0 N–H and O–H groups in total. The van der Waals surface area contributed by atoms with Gasteiger partial charge in [-0.25, -0.2) is 4.79 Å². The second-order valence-electron chi connectivity index (χ2n) is 1.72. The first-order valence-corrected chi connectivity index (χ1v) is 3.42. The largest absolute Gasteiger partial charge is 0.466 e. The van der Waals surface area contributed by atoms with Crippen LogP contribution in [0.1, 0.15) is 13.3 Å². The minimum atomic E-state index is -0.394. The van der Waals surface area contributed by atoms with Crippen molar-refractivity contribution in [2.45, 2.75) is 13.3 Å². The Labute approximate surface area is 68.0 Å². The van der Waals surface area contributed by atoms with Crippen molar-refractivity contribution < 1.29 is 14.3 Å². The van der Waals surface area contributed by atoms with Crippen LogP contribution >= 0.6 is 0 Å². The number of ether oxygens (including phenoxy) is 2. The Bertz CT molecular complexity index is 97.5. The van der Waals surface area contributed by atoms with E-state index in [-0.39, 0.29) is 0 Å². The highest BCUT2D eigenvalue weighted by Gasteiger charge is 1.81. The molecule has 0 radical (unpaired) electrons. The number of carbonyl (C=O) groups is 1. The monoisotopic (exact) mass is 160 g/mol. The van der Waals surface area contributed by atoms with Gasteiger partial charge in [0.25, 0.3) is 0 Å². The van der Waals surface area contributed by atoms with E-state index in [1.807, 2.05) is 0 Å². The average molecular weight is 160 g/mol. The highest BCUT2D eigenvalue weighted by atomic mass is 16.5. The highest BCUT2D eigenvalue weighted by Crippen LogP contribution is 1.70. The van der Waals surface area contributed by atoms with Gasteiger partial charge in [-0.05, 0) is 6.42 Å². The van der Waals surface area contributed by atoms with E-state index in [0.717, 1.165) is 19.1 Å². The predicted octanol–water partition coefficient (Wildman–Crippen LogP) is 1.39. The molecule has 3 nitrogen and oxygen atoms in total. The number of esters is 1. The molecule has 11 heavy (non-hydrogen) atoms. The molecule has 0 atom stereocenters. The molecule has 0 fully saturated rings. The number of carbonyl (C=O) groups excluding carboxylic acids is 1. The molecular formula is C8H16O3. The molecule has 0 saturated carbocycles. The van der Waals surface area contributed by atoms with Gasteiger partial charge in [0.2, 0.25) is 0 Å². The fraction of sp³-hybridized carbons (Fsp3) is 0.625. The zero-order valence-corrected chi connectivity index (χ0v) is 7.42. The van der Waals surface area contributed by atoms with E-state index in [1.54, 1.807) is 7.11 Å². The van der Waals surface area contributed by atoms with Crippen LogP contribution in [-0.4, -0.2) is 26.8 Å². The molecule has 0 unspecified atom stereocenters. The third kappa shape index (κ3) is 17.6. The summed E-state index contributed by atoms with van der Waals surface area (Å²) >= 11 is 0. The van der Waals surface area contributed by atoms with Gasteiger partial charge in [-0.2, -0.15) is 0 Å². The summed E-state index contributed by atoms with van der Waals surface area (Å²) < 4.78 is 8.83. The van der Waals surface area contributed by atoms with Crippen LogP contribution in [0.2, 0.25) is 0 Å². The number of hydrogen-bond donors (Lipinski definition) is 0. The van der Waals surface area contributed by atoms with E-state index in [1.165, 1.54) is 7.11 Å². The lowest BCUT2D eigenvalue weighted by atomic mass is 10.5. The molecule has 0 spiro atoms. The number of hydrogen-bond acceptors (Lipinski definition) is 3. The first-order valence-electron chi connectivity index (χ1n) is 3.42. The van der Waals surface area contributed by atoms with Gasteiger partial charge in [0, 0.05) is 19.8 Å². The van der Waals surface area contributed by atoms with E-state index in [0.29, 0.717) is 0 Å². The van der Waals surface area contributed by atoms with Crippen LogP contribution in [0.15, 0.2) is 12.7 Å². The van der Waals surface area contributed by atoms with E-state index in [2.05, 4.69) is 18.2 Å². The van der Waals surface area contributed by atoms with Gasteiger partial charge >= 0.3 is 5.97 Å². The molecule has 0 aromatic rings. The molecule has 0 heterocycles. The maximum absolute atomic E-state index is 9.84. The van der Waals surface area contributed by atoms with Gasteiger partial charge in [0.05, 0.1) is 7.11 Å². The van der Waals surface area contributed by atoms with Crippen LogP contribution in [0.4, 0.5) is 0 Å². The minimum absolute atomic E-state index is 0.394. The molecule has 0 rings (SSSR count). The third-order valence-electron chi connectivity index (χ3n) is 0.776. The van der Waals surface area contributed by atoms with Crippen LogP contribution in [-0.2, 0) is 14.3 Å². The summed E-state index contributed by atoms with van der Waals surface area (Å²) in [6.07, 6.45) is 2.23. The molecule has 3 heteroatoms. The van der Waals surface area contributed by atoms with Crippen molar-refractivity contribution in [3.63, 3.8) is 0 Å². The Hall–Kier alpha value is -0.830.